The number of ether oxygens (including phenoxy) is 1. The average Bonchev–Trinajstić information content (AvgIpc) is 3.14. The predicted molar refractivity (Wildman–Crippen MR) is 111 cm³/mol. The van der Waals surface area contributed by atoms with E-state index < -0.39 is 11.7 Å². The first kappa shape index (κ1) is 21.3. The number of amides is 3. The molecule has 0 aliphatic carbocycles. The first-order valence-corrected chi connectivity index (χ1v) is 9.83. The molecule has 0 saturated carbocycles. The van der Waals surface area contributed by atoms with Crippen molar-refractivity contribution in [3.05, 3.63) is 54.3 Å². The minimum Gasteiger partial charge on any atom is -0.484 e. The van der Waals surface area contributed by atoms with Crippen molar-refractivity contribution in [2.24, 2.45) is 5.92 Å². The maximum absolute atomic E-state index is 13.6. The van der Waals surface area contributed by atoms with E-state index in [-0.39, 0.29) is 36.4 Å². The topological polar surface area (TPSA) is 87.7 Å². The summed E-state index contributed by atoms with van der Waals surface area (Å²) in [5.41, 5.74) is 0.750. The molecule has 2 aromatic carbocycles. The van der Waals surface area contributed by atoms with Crippen molar-refractivity contribution in [2.75, 3.05) is 29.9 Å². The first-order chi connectivity index (χ1) is 14.5. The van der Waals surface area contributed by atoms with Crippen LogP contribution in [-0.4, -0.2) is 37.4 Å². The Balaban J connectivity index is 1.52. The van der Waals surface area contributed by atoms with E-state index in [0.717, 1.165) is 6.42 Å². The van der Waals surface area contributed by atoms with E-state index in [9.17, 15) is 18.8 Å². The zero-order chi connectivity index (χ0) is 21.5. The summed E-state index contributed by atoms with van der Waals surface area (Å²) < 4.78 is 19.0. The van der Waals surface area contributed by atoms with Crippen molar-refractivity contribution in [2.45, 2.75) is 19.8 Å². The summed E-state index contributed by atoms with van der Waals surface area (Å²) >= 11 is 0. The van der Waals surface area contributed by atoms with Crippen LogP contribution in [0.25, 0.3) is 0 Å². The van der Waals surface area contributed by atoms with Crippen LogP contribution in [0.4, 0.5) is 15.8 Å². The van der Waals surface area contributed by atoms with Crippen molar-refractivity contribution in [1.29, 1.82) is 0 Å². The molecular formula is C22H24FN3O4. The molecule has 0 bridgehead atoms. The van der Waals surface area contributed by atoms with E-state index in [4.69, 9.17) is 4.74 Å². The van der Waals surface area contributed by atoms with Gasteiger partial charge >= 0.3 is 0 Å². The monoisotopic (exact) mass is 413 g/mol. The number of hydrogen-bond acceptors (Lipinski definition) is 4. The first-order valence-electron chi connectivity index (χ1n) is 9.83. The maximum Gasteiger partial charge on any atom is 0.262 e. The van der Waals surface area contributed by atoms with E-state index in [1.165, 1.54) is 18.2 Å². The number of carbonyl (C=O) groups excluding carboxylic acids is 3. The number of nitrogens with one attached hydrogen (secondary N) is 2. The fourth-order valence-corrected chi connectivity index (χ4v) is 3.15. The second-order valence-electron chi connectivity index (χ2n) is 7.01. The lowest BCUT2D eigenvalue weighted by molar-refractivity contribution is -0.126. The zero-order valence-corrected chi connectivity index (χ0v) is 16.7. The van der Waals surface area contributed by atoms with Crippen molar-refractivity contribution in [3.63, 3.8) is 0 Å². The predicted octanol–water partition coefficient (Wildman–Crippen LogP) is 2.72. The van der Waals surface area contributed by atoms with Crippen LogP contribution in [0.5, 0.6) is 5.75 Å². The molecule has 2 aromatic rings. The SMILES string of the molecule is CCCNC(=O)[C@H]1CC(=O)N(c2ccc(OCC(=O)Nc3ccccc3F)cc2)C1. The third kappa shape index (κ3) is 5.34. The number of para-hydroxylation sites is 1. The molecule has 1 aliphatic rings. The molecular weight excluding hydrogens is 389 g/mol. The van der Waals surface area contributed by atoms with Gasteiger partial charge in [-0.15, -0.1) is 0 Å². The quantitative estimate of drug-likeness (QED) is 0.697. The van der Waals surface area contributed by atoms with Gasteiger partial charge in [-0.05, 0) is 42.8 Å². The van der Waals surface area contributed by atoms with Crippen LogP contribution in [0.15, 0.2) is 48.5 Å². The molecule has 7 nitrogen and oxygen atoms in total. The zero-order valence-electron chi connectivity index (χ0n) is 16.7. The molecule has 3 amide bonds. The van der Waals surface area contributed by atoms with Crippen LogP contribution in [0, 0.1) is 11.7 Å². The summed E-state index contributed by atoms with van der Waals surface area (Å²) in [5, 5.41) is 5.27. The average molecular weight is 413 g/mol. The number of rotatable bonds is 8. The number of carbonyl (C=O) groups is 3. The van der Waals surface area contributed by atoms with Gasteiger partial charge in [0.05, 0.1) is 11.6 Å². The van der Waals surface area contributed by atoms with Gasteiger partial charge in [0.2, 0.25) is 11.8 Å². The normalized spacial score (nSPS) is 15.7. The van der Waals surface area contributed by atoms with Crippen molar-refractivity contribution >= 4 is 29.1 Å². The molecule has 0 unspecified atom stereocenters. The van der Waals surface area contributed by atoms with Crippen LogP contribution in [0.2, 0.25) is 0 Å². The molecule has 1 heterocycles. The Hall–Kier alpha value is -3.42. The van der Waals surface area contributed by atoms with Crippen LogP contribution >= 0.6 is 0 Å². The second kappa shape index (κ2) is 9.87. The van der Waals surface area contributed by atoms with Gasteiger partial charge in [-0.2, -0.15) is 0 Å². The number of halogens is 1. The van der Waals surface area contributed by atoms with E-state index in [2.05, 4.69) is 10.6 Å². The molecule has 2 N–H and O–H groups in total. The molecule has 1 aliphatic heterocycles. The van der Waals surface area contributed by atoms with Gasteiger partial charge in [-0.25, -0.2) is 4.39 Å². The van der Waals surface area contributed by atoms with Crippen molar-refractivity contribution in [3.8, 4) is 5.75 Å². The highest BCUT2D eigenvalue weighted by atomic mass is 19.1. The number of nitrogens with zero attached hydrogens (tertiary/aromatic N) is 1. The van der Waals surface area contributed by atoms with E-state index in [1.807, 2.05) is 6.92 Å². The van der Waals surface area contributed by atoms with E-state index >= 15 is 0 Å². The molecule has 158 valence electrons. The van der Waals surface area contributed by atoms with E-state index in [1.54, 1.807) is 35.2 Å². The standard InChI is InChI=1S/C22H24FN3O4/c1-2-11-24-22(29)15-12-21(28)26(13-15)16-7-9-17(10-8-16)30-14-20(27)25-19-6-4-3-5-18(19)23/h3-10,15H,2,11-14H2,1H3,(H,24,29)(H,25,27)/t15-/m0/s1. The van der Waals surface area contributed by atoms with Gasteiger partial charge in [0.1, 0.15) is 11.6 Å². The van der Waals surface area contributed by atoms with Crippen LogP contribution in [0.3, 0.4) is 0 Å². The molecule has 30 heavy (non-hydrogen) atoms. The van der Waals surface area contributed by atoms with Crippen LogP contribution < -0.4 is 20.3 Å². The van der Waals surface area contributed by atoms with Crippen molar-refractivity contribution in [1.82, 2.24) is 5.32 Å². The highest BCUT2D eigenvalue weighted by Crippen LogP contribution is 2.27. The van der Waals surface area contributed by atoms with Gasteiger partial charge in [0.15, 0.2) is 6.61 Å². The second-order valence-corrected chi connectivity index (χ2v) is 7.01. The molecule has 0 spiro atoms. The lowest BCUT2D eigenvalue weighted by Gasteiger charge is -2.17. The minimum absolute atomic E-state index is 0.0894. The molecule has 1 fully saturated rings. The lowest BCUT2D eigenvalue weighted by atomic mass is 10.1. The molecule has 3 rings (SSSR count). The van der Waals surface area contributed by atoms with Gasteiger partial charge in [-0.1, -0.05) is 19.1 Å². The number of hydrogen-bond donors (Lipinski definition) is 2. The minimum atomic E-state index is -0.521. The summed E-state index contributed by atoms with van der Waals surface area (Å²) in [7, 11) is 0. The molecule has 0 aromatic heterocycles. The summed E-state index contributed by atoms with van der Waals surface area (Å²) in [6.45, 7) is 2.62. The van der Waals surface area contributed by atoms with Gasteiger partial charge in [-0.3, -0.25) is 14.4 Å². The molecule has 1 atom stereocenters. The summed E-state index contributed by atoms with van der Waals surface area (Å²) in [5.74, 6) is -1.14. The Morgan fingerprint density at radius 3 is 2.60 bits per heavy atom. The smallest absolute Gasteiger partial charge is 0.262 e. The Kier molecular flexibility index (Phi) is 7.00. The van der Waals surface area contributed by atoms with E-state index in [0.29, 0.717) is 24.5 Å². The largest absolute Gasteiger partial charge is 0.484 e. The fraction of sp³-hybridized carbons (Fsp3) is 0.318. The van der Waals surface area contributed by atoms with Gasteiger partial charge < -0.3 is 20.3 Å². The number of anilines is 2. The molecule has 8 heteroatoms. The van der Waals surface area contributed by atoms with Crippen molar-refractivity contribution < 1.29 is 23.5 Å². The summed E-state index contributed by atoms with van der Waals surface area (Å²) in [4.78, 5) is 37.9. The Labute approximate surface area is 174 Å². The molecule has 0 radical (unpaired) electrons. The maximum atomic E-state index is 13.6. The Morgan fingerprint density at radius 1 is 1.17 bits per heavy atom. The number of benzene rings is 2. The summed E-state index contributed by atoms with van der Waals surface area (Å²) in [6.07, 6.45) is 1.03. The Morgan fingerprint density at radius 2 is 1.90 bits per heavy atom. The van der Waals surface area contributed by atoms with Crippen LogP contribution in [-0.2, 0) is 14.4 Å². The highest BCUT2D eigenvalue weighted by molar-refractivity contribution is 6.00. The van der Waals surface area contributed by atoms with Gasteiger partial charge in [0, 0.05) is 25.2 Å². The fourth-order valence-electron chi connectivity index (χ4n) is 3.15. The Bertz CT molecular complexity index is 917. The lowest BCUT2D eigenvalue weighted by Crippen LogP contribution is -2.33. The third-order valence-electron chi connectivity index (χ3n) is 4.71. The molecule has 1 saturated heterocycles. The van der Waals surface area contributed by atoms with Crippen LogP contribution in [0.1, 0.15) is 19.8 Å². The van der Waals surface area contributed by atoms with Gasteiger partial charge in [0.25, 0.3) is 5.91 Å². The summed E-state index contributed by atoms with van der Waals surface area (Å²) in [6, 6.07) is 12.6. The highest BCUT2D eigenvalue weighted by Gasteiger charge is 2.34. The third-order valence-corrected chi connectivity index (χ3v) is 4.71.